The highest BCUT2D eigenvalue weighted by atomic mass is 32.2. The summed E-state index contributed by atoms with van der Waals surface area (Å²) in [5.41, 5.74) is 1.04. The van der Waals surface area contributed by atoms with E-state index >= 15 is 0 Å². The Hall–Kier alpha value is -2.21. The van der Waals surface area contributed by atoms with Gasteiger partial charge in [-0.05, 0) is 31.2 Å². The predicted molar refractivity (Wildman–Crippen MR) is 77.7 cm³/mol. The van der Waals surface area contributed by atoms with Crippen LogP contribution in [0.4, 0.5) is 0 Å². The van der Waals surface area contributed by atoms with Gasteiger partial charge in [-0.2, -0.15) is 0 Å². The smallest absolute Gasteiger partial charge is 0.160 e. The Balaban J connectivity index is 1.69. The molecule has 0 amide bonds. The number of imidazole rings is 1. The molecule has 0 saturated carbocycles. The third-order valence-corrected chi connectivity index (χ3v) is 3.75. The lowest BCUT2D eigenvalue weighted by Gasteiger charge is -2.04. The maximum Gasteiger partial charge on any atom is 0.160 e. The molecule has 0 bridgehead atoms. The molecule has 20 heavy (non-hydrogen) atoms. The zero-order chi connectivity index (χ0) is 13.8. The van der Waals surface area contributed by atoms with Crippen molar-refractivity contribution in [3.8, 4) is 5.82 Å². The quantitative estimate of drug-likeness (QED) is 0.689. The predicted octanol–water partition coefficient (Wildman–Crippen LogP) is 2.66. The first-order valence-electron chi connectivity index (χ1n) is 6.20. The van der Waals surface area contributed by atoms with Gasteiger partial charge in [0, 0.05) is 24.3 Å². The first kappa shape index (κ1) is 12.8. The first-order valence-corrected chi connectivity index (χ1v) is 7.18. The van der Waals surface area contributed by atoms with Crippen LogP contribution in [-0.4, -0.2) is 24.7 Å². The van der Waals surface area contributed by atoms with Crippen molar-refractivity contribution in [3.05, 3.63) is 60.4 Å². The molecule has 5 nitrogen and oxygen atoms in total. The van der Waals surface area contributed by atoms with E-state index in [9.17, 15) is 0 Å². The van der Waals surface area contributed by atoms with Gasteiger partial charge >= 0.3 is 0 Å². The molecule has 6 heteroatoms. The highest BCUT2D eigenvalue weighted by Crippen LogP contribution is 2.19. The van der Waals surface area contributed by atoms with Crippen molar-refractivity contribution < 1.29 is 0 Å². The summed E-state index contributed by atoms with van der Waals surface area (Å²) in [6, 6.07) is 9.82. The van der Waals surface area contributed by atoms with Crippen molar-refractivity contribution in [2.75, 3.05) is 0 Å². The van der Waals surface area contributed by atoms with E-state index in [2.05, 4.69) is 20.2 Å². The van der Waals surface area contributed by atoms with Crippen LogP contribution in [0.25, 0.3) is 5.82 Å². The number of thioether (sulfide) groups is 1. The Bertz CT molecular complexity index is 678. The fourth-order valence-electron chi connectivity index (χ4n) is 1.77. The van der Waals surface area contributed by atoms with Gasteiger partial charge in [-0.25, -0.2) is 4.98 Å². The lowest BCUT2D eigenvalue weighted by atomic mass is 10.4. The van der Waals surface area contributed by atoms with E-state index in [-0.39, 0.29) is 0 Å². The topological polar surface area (TPSA) is 56.5 Å². The highest BCUT2D eigenvalue weighted by Gasteiger charge is 2.04. The molecule has 0 N–H and O–H groups in total. The summed E-state index contributed by atoms with van der Waals surface area (Å²) in [7, 11) is 0. The van der Waals surface area contributed by atoms with Gasteiger partial charge in [0.15, 0.2) is 5.82 Å². The van der Waals surface area contributed by atoms with E-state index in [0.29, 0.717) is 0 Å². The van der Waals surface area contributed by atoms with Crippen LogP contribution in [0.2, 0.25) is 0 Å². The Morgan fingerprint density at radius 3 is 2.65 bits per heavy atom. The lowest BCUT2D eigenvalue weighted by molar-refractivity contribution is 0.841. The number of aryl methyl sites for hydroxylation is 1. The van der Waals surface area contributed by atoms with Gasteiger partial charge in [0.2, 0.25) is 0 Å². The summed E-state index contributed by atoms with van der Waals surface area (Å²) in [6.45, 7) is 1.94. The van der Waals surface area contributed by atoms with Crippen molar-refractivity contribution in [1.82, 2.24) is 24.7 Å². The van der Waals surface area contributed by atoms with Crippen LogP contribution in [-0.2, 0) is 5.75 Å². The van der Waals surface area contributed by atoms with Gasteiger partial charge in [0.25, 0.3) is 0 Å². The molecule has 0 unspecified atom stereocenters. The molecule has 3 aromatic heterocycles. The molecule has 3 aromatic rings. The molecule has 0 atom stereocenters. The van der Waals surface area contributed by atoms with E-state index in [0.717, 1.165) is 28.1 Å². The molecular weight excluding hydrogens is 270 g/mol. The summed E-state index contributed by atoms with van der Waals surface area (Å²) in [6.07, 6.45) is 5.42. The van der Waals surface area contributed by atoms with Crippen molar-refractivity contribution in [2.45, 2.75) is 17.7 Å². The third-order valence-electron chi connectivity index (χ3n) is 2.79. The molecule has 3 rings (SSSR count). The maximum absolute atomic E-state index is 4.28. The lowest BCUT2D eigenvalue weighted by Crippen LogP contribution is -2.00. The van der Waals surface area contributed by atoms with Gasteiger partial charge < -0.3 is 0 Å². The molecular formula is C14H13N5S. The SMILES string of the molecule is Cc1nccn1-c1ccc(SCc2ccccn2)nn1. The van der Waals surface area contributed by atoms with Crippen LogP contribution in [0.1, 0.15) is 11.5 Å². The minimum atomic E-state index is 0.780. The van der Waals surface area contributed by atoms with Crippen molar-refractivity contribution in [2.24, 2.45) is 0 Å². The van der Waals surface area contributed by atoms with Crippen molar-refractivity contribution in [3.63, 3.8) is 0 Å². The number of pyridine rings is 1. The van der Waals surface area contributed by atoms with Crippen LogP contribution >= 0.6 is 11.8 Å². The molecule has 100 valence electrons. The molecule has 0 radical (unpaired) electrons. The molecule has 0 spiro atoms. The summed E-state index contributed by atoms with van der Waals surface area (Å²) in [4.78, 5) is 8.46. The van der Waals surface area contributed by atoms with Crippen LogP contribution in [0, 0.1) is 6.92 Å². The van der Waals surface area contributed by atoms with Crippen molar-refractivity contribution >= 4 is 11.8 Å². The molecule has 0 aliphatic heterocycles. The van der Waals surface area contributed by atoms with E-state index in [4.69, 9.17) is 0 Å². The van der Waals surface area contributed by atoms with Gasteiger partial charge in [0.05, 0.1) is 5.69 Å². The summed E-state index contributed by atoms with van der Waals surface area (Å²) in [5, 5.41) is 9.34. The molecule has 3 heterocycles. The Labute approximate surface area is 121 Å². The normalized spacial score (nSPS) is 10.7. The molecule has 0 aromatic carbocycles. The monoisotopic (exact) mass is 283 g/mol. The number of aromatic nitrogens is 5. The number of hydrogen-bond acceptors (Lipinski definition) is 5. The number of rotatable bonds is 4. The second-order valence-electron chi connectivity index (χ2n) is 4.18. The van der Waals surface area contributed by atoms with Crippen LogP contribution in [0.15, 0.2) is 53.9 Å². The van der Waals surface area contributed by atoms with E-state index in [1.807, 2.05) is 48.0 Å². The van der Waals surface area contributed by atoms with E-state index in [1.165, 1.54) is 0 Å². The Morgan fingerprint density at radius 2 is 2.00 bits per heavy atom. The van der Waals surface area contributed by atoms with E-state index in [1.54, 1.807) is 24.2 Å². The summed E-state index contributed by atoms with van der Waals surface area (Å²) < 4.78 is 1.90. The van der Waals surface area contributed by atoms with Crippen molar-refractivity contribution in [1.29, 1.82) is 0 Å². The van der Waals surface area contributed by atoms with Crippen LogP contribution < -0.4 is 0 Å². The minimum absolute atomic E-state index is 0.780. The number of nitrogens with zero attached hydrogens (tertiary/aromatic N) is 5. The average Bonchev–Trinajstić information content (AvgIpc) is 2.93. The minimum Gasteiger partial charge on any atom is -0.287 e. The van der Waals surface area contributed by atoms with Gasteiger partial charge in [0.1, 0.15) is 10.9 Å². The highest BCUT2D eigenvalue weighted by molar-refractivity contribution is 7.98. The maximum atomic E-state index is 4.28. The second-order valence-corrected chi connectivity index (χ2v) is 5.18. The summed E-state index contributed by atoms with van der Waals surface area (Å²) in [5.74, 6) is 2.47. The third kappa shape index (κ3) is 2.85. The molecule has 0 saturated heterocycles. The second kappa shape index (κ2) is 5.83. The van der Waals surface area contributed by atoms with Crippen LogP contribution in [0.3, 0.4) is 0 Å². The fourth-order valence-corrected chi connectivity index (χ4v) is 2.50. The van der Waals surface area contributed by atoms with Gasteiger partial charge in [-0.1, -0.05) is 17.8 Å². The standard InChI is InChI=1S/C14H13N5S/c1-11-15-8-9-19(11)13-5-6-14(18-17-13)20-10-12-4-2-3-7-16-12/h2-9H,10H2,1H3. The Kier molecular flexibility index (Phi) is 3.73. The average molecular weight is 283 g/mol. The van der Waals surface area contributed by atoms with Gasteiger partial charge in [-0.15, -0.1) is 10.2 Å². The first-order chi connectivity index (χ1) is 9.83. The number of hydrogen-bond donors (Lipinski definition) is 0. The zero-order valence-corrected chi connectivity index (χ0v) is 11.8. The van der Waals surface area contributed by atoms with Gasteiger partial charge in [-0.3, -0.25) is 9.55 Å². The largest absolute Gasteiger partial charge is 0.287 e. The molecule has 0 aliphatic carbocycles. The Morgan fingerprint density at radius 1 is 1.05 bits per heavy atom. The molecule has 0 fully saturated rings. The molecule has 0 aliphatic rings. The van der Waals surface area contributed by atoms with Crippen LogP contribution in [0.5, 0.6) is 0 Å². The zero-order valence-electron chi connectivity index (χ0n) is 11.0. The summed E-state index contributed by atoms with van der Waals surface area (Å²) >= 11 is 1.62. The fraction of sp³-hybridized carbons (Fsp3) is 0.143. The van der Waals surface area contributed by atoms with E-state index < -0.39 is 0 Å².